The highest BCUT2D eigenvalue weighted by Crippen LogP contribution is 2.43. The molecule has 1 aliphatic carbocycles. The first kappa shape index (κ1) is 17.3. The number of benzene rings is 3. The van der Waals surface area contributed by atoms with Crippen LogP contribution in [0.5, 0.6) is 11.5 Å². The van der Waals surface area contributed by atoms with Crippen LogP contribution >= 0.6 is 0 Å². The van der Waals surface area contributed by atoms with E-state index in [0.717, 1.165) is 23.3 Å². The molecular formula is C22H15F3O2. The monoisotopic (exact) mass is 368 g/mol. The number of halogens is 3. The summed E-state index contributed by atoms with van der Waals surface area (Å²) in [6, 6.07) is 19.6. The van der Waals surface area contributed by atoms with Gasteiger partial charge in [0.25, 0.3) is 0 Å². The van der Waals surface area contributed by atoms with Crippen molar-refractivity contribution in [2.45, 2.75) is 18.5 Å². The molecule has 0 fully saturated rings. The molecule has 1 aliphatic rings. The van der Waals surface area contributed by atoms with Gasteiger partial charge in [-0.1, -0.05) is 48.5 Å². The Morgan fingerprint density at radius 2 is 1.63 bits per heavy atom. The maximum absolute atomic E-state index is 12.9. The molecule has 0 unspecified atom stereocenters. The van der Waals surface area contributed by atoms with Gasteiger partial charge in [-0.05, 0) is 35.4 Å². The third-order valence-corrected chi connectivity index (χ3v) is 4.69. The molecule has 0 N–H and O–H groups in total. The van der Waals surface area contributed by atoms with Crippen molar-refractivity contribution in [3.63, 3.8) is 0 Å². The topological polar surface area (TPSA) is 26.3 Å². The standard InChI is InChI=1S/C22H15F3O2/c23-22(24,25)15-8-4-9-16(12-15)27-20-11-5-10-17-18(13-19(26)21(17)20)14-6-2-1-3-7-14/h1-12,18H,13H2/t18-/m0/s1. The molecule has 136 valence electrons. The van der Waals surface area contributed by atoms with Gasteiger partial charge in [-0.15, -0.1) is 0 Å². The molecule has 0 saturated carbocycles. The number of hydrogen-bond donors (Lipinski definition) is 0. The summed E-state index contributed by atoms with van der Waals surface area (Å²) in [6.45, 7) is 0. The molecule has 0 radical (unpaired) electrons. The predicted octanol–water partition coefficient (Wildman–Crippen LogP) is 6.22. The molecule has 5 heteroatoms. The zero-order valence-corrected chi connectivity index (χ0v) is 14.2. The van der Waals surface area contributed by atoms with Gasteiger partial charge in [-0.3, -0.25) is 4.79 Å². The summed E-state index contributed by atoms with van der Waals surface area (Å²) in [4.78, 5) is 12.6. The highest BCUT2D eigenvalue weighted by atomic mass is 19.4. The number of Topliss-reactive ketones (excluding diaryl/α,β-unsaturated/α-hetero) is 1. The first-order valence-electron chi connectivity index (χ1n) is 8.49. The Balaban J connectivity index is 1.71. The normalized spacial score (nSPS) is 16.3. The van der Waals surface area contributed by atoms with E-state index in [9.17, 15) is 18.0 Å². The lowest BCUT2D eigenvalue weighted by atomic mass is 9.93. The fourth-order valence-electron chi connectivity index (χ4n) is 3.46. The third-order valence-electron chi connectivity index (χ3n) is 4.69. The summed E-state index contributed by atoms with van der Waals surface area (Å²) in [7, 11) is 0. The summed E-state index contributed by atoms with van der Waals surface area (Å²) in [6.07, 6.45) is -4.13. The van der Waals surface area contributed by atoms with Crippen LogP contribution in [0.2, 0.25) is 0 Å². The van der Waals surface area contributed by atoms with Gasteiger partial charge in [0, 0.05) is 12.3 Å². The number of ether oxygens (including phenoxy) is 1. The van der Waals surface area contributed by atoms with E-state index in [0.29, 0.717) is 12.0 Å². The highest BCUT2D eigenvalue weighted by molar-refractivity contribution is 6.04. The fourth-order valence-corrected chi connectivity index (χ4v) is 3.46. The number of hydrogen-bond acceptors (Lipinski definition) is 2. The van der Waals surface area contributed by atoms with Crippen LogP contribution in [-0.4, -0.2) is 5.78 Å². The molecule has 3 aromatic rings. The van der Waals surface area contributed by atoms with Gasteiger partial charge in [0.1, 0.15) is 11.5 Å². The zero-order valence-electron chi connectivity index (χ0n) is 14.2. The summed E-state index contributed by atoms with van der Waals surface area (Å²) < 4.78 is 44.4. The molecule has 0 bridgehead atoms. The number of rotatable bonds is 3. The van der Waals surface area contributed by atoms with Gasteiger partial charge in [0.05, 0.1) is 11.1 Å². The molecular weight excluding hydrogens is 353 g/mol. The SMILES string of the molecule is O=C1C[C@@H](c2ccccc2)c2cccc(Oc3cccc(C(F)(F)F)c3)c21. The van der Waals surface area contributed by atoms with E-state index in [4.69, 9.17) is 4.74 Å². The highest BCUT2D eigenvalue weighted by Gasteiger charge is 2.34. The van der Waals surface area contributed by atoms with Crippen LogP contribution in [0.15, 0.2) is 72.8 Å². The maximum Gasteiger partial charge on any atom is 0.416 e. The minimum atomic E-state index is -4.45. The molecule has 3 aromatic carbocycles. The lowest BCUT2D eigenvalue weighted by molar-refractivity contribution is -0.137. The van der Waals surface area contributed by atoms with Crippen molar-refractivity contribution < 1.29 is 22.7 Å². The second kappa shape index (κ2) is 6.58. The van der Waals surface area contributed by atoms with Crippen molar-refractivity contribution in [1.82, 2.24) is 0 Å². The van der Waals surface area contributed by atoms with Crippen molar-refractivity contribution in [3.05, 3.63) is 95.1 Å². The van der Waals surface area contributed by atoms with Gasteiger partial charge in [-0.2, -0.15) is 13.2 Å². The van der Waals surface area contributed by atoms with Gasteiger partial charge in [0.15, 0.2) is 5.78 Å². The zero-order chi connectivity index (χ0) is 19.0. The molecule has 0 aromatic heterocycles. The molecule has 0 heterocycles. The molecule has 0 amide bonds. The Morgan fingerprint density at radius 1 is 0.889 bits per heavy atom. The Kier molecular flexibility index (Phi) is 4.22. The van der Waals surface area contributed by atoms with Crippen molar-refractivity contribution >= 4 is 5.78 Å². The molecule has 27 heavy (non-hydrogen) atoms. The molecule has 0 aliphatic heterocycles. The van der Waals surface area contributed by atoms with E-state index < -0.39 is 11.7 Å². The Labute approximate surface area is 154 Å². The van der Waals surface area contributed by atoms with E-state index >= 15 is 0 Å². The first-order valence-corrected chi connectivity index (χ1v) is 8.49. The fraction of sp³-hybridized carbons (Fsp3) is 0.136. The number of alkyl halides is 3. The van der Waals surface area contributed by atoms with Crippen LogP contribution in [-0.2, 0) is 6.18 Å². The van der Waals surface area contributed by atoms with Gasteiger partial charge in [0.2, 0.25) is 0 Å². The summed E-state index contributed by atoms with van der Waals surface area (Å²) in [5, 5.41) is 0. The van der Waals surface area contributed by atoms with Crippen LogP contribution in [0.4, 0.5) is 13.2 Å². The smallest absolute Gasteiger partial charge is 0.416 e. The van der Waals surface area contributed by atoms with Crippen LogP contribution in [0.3, 0.4) is 0 Å². The minimum absolute atomic E-state index is 0.0502. The predicted molar refractivity (Wildman–Crippen MR) is 95.2 cm³/mol. The Morgan fingerprint density at radius 3 is 2.37 bits per heavy atom. The van der Waals surface area contributed by atoms with Crippen LogP contribution in [0.25, 0.3) is 0 Å². The lowest BCUT2D eigenvalue weighted by Gasteiger charge is -2.14. The lowest BCUT2D eigenvalue weighted by Crippen LogP contribution is -2.04. The third kappa shape index (κ3) is 3.33. The first-order chi connectivity index (χ1) is 12.9. The van der Waals surface area contributed by atoms with E-state index in [-0.39, 0.29) is 23.2 Å². The van der Waals surface area contributed by atoms with Crippen molar-refractivity contribution in [2.75, 3.05) is 0 Å². The minimum Gasteiger partial charge on any atom is -0.457 e. The number of carbonyl (C=O) groups excluding carboxylic acids is 1. The van der Waals surface area contributed by atoms with E-state index in [1.54, 1.807) is 12.1 Å². The second-order valence-electron chi connectivity index (χ2n) is 6.44. The van der Waals surface area contributed by atoms with E-state index in [2.05, 4.69) is 0 Å². The number of ketones is 1. The van der Waals surface area contributed by atoms with Gasteiger partial charge < -0.3 is 4.74 Å². The molecule has 1 atom stereocenters. The van der Waals surface area contributed by atoms with Crippen LogP contribution in [0.1, 0.15) is 39.4 Å². The molecule has 0 spiro atoms. The van der Waals surface area contributed by atoms with Crippen molar-refractivity contribution in [1.29, 1.82) is 0 Å². The molecule has 4 rings (SSSR count). The van der Waals surface area contributed by atoms with Crippen LogP contribution in [0, 0.1) is 0 Å². The summed E-state index contributed by atoms with van der Waals surface area (Å²) in [5.74, 6) is 0.199. The van der Waals surface area contributed by atoms with E-state index in [1.807, 2.05) is 36.4 Å². The van der Waals surface area contributed by atoms with E-state index in [1.165, 1.54) is 12.1 Å². The number of fused-ring (bicyclic) bond motifs is 1. The number of carbonyl (C=O) groups is 1. The molecule has 0 saturated heterocycles. The Bertz CT molecular complexity index is 994. The average molecular weight is 368 g/mol. The van der Waals surface area contributed by atoms with Crippen molar-refractivity contribution in [3.8, 4) is 11.5 Å². The quantitative estimate of drug-likeness (QED) is 0.549. The maximum atomic E-state index is 12.9. The molecule has 2 nitrogen and oxygen atoms in total. The van der Waals surface area contributed by atoms with Gasteiger partial charge in [-0.25, -0.2) is 0 Å². The van der Waals surface area contributed by atoms with Gasteiger partial charge >= 0.3 is 6.18 Å². The summed E-state index contributed by atoms with van der Waals surface area (Å²) >= 11 is 0. The summed E-state index contributed by atoms with van der Waals surface area (Å²) in [5.41, 5.74) is 1.53. The second-order valence-corrected chi connectivity index (χ2v) is 6.44. The van der Waals surface area contributed by atoms with Crippen molar-refractivity contribution in [2.24, 2.45) is 0 Å². The largest absolute Gasteiger partial charge is 0.457 e. The average Bonchev–Trinajstić information content (AvgIpc) is 3.00. The van der Waals surface area contributed by atoms with Crippen LogP contribution < -0.4 is 4.74 Å². The Hall–Kier alpha value is -3.08.